The highest BCUT2D eigenvalue weighted by Crippen LogP contribution is 2.44. The maximum Gasteiger partial charge on any atom is 0.261 e. The Balaban J connectivity index is 1.50. The molecule has 2 aromatic heterocycles. The van der Waals surface area contributed by atoms with Crippen molar-refractivity contribution in [3.05, 3.63) is 69.0 Å². The number of fused-ring (bicyclic) bond motifs is 1. The Labute approximate surface area is 197 Å². The summed E-state index contributed by atoms with van der Waals surface area (Å²) in [7, 11) is 1.63. The van der Waals surface area contributed by atoms with Crippen LogP contribution in [0.3, 0.4) is 0 Å². The fourth-order valence-electron chi connectivity index (χ4n) is 3.84. The highest BCUT2D eigenvalue weighted by molar-refractivity contribution is 9.10. The number of halogens is 1. The molecule has 0 spiro atoms. The molecule has 0 atom stereocenters. The van der Waals surface area contributed by atoms with Crippen molar-refractivity contribution in [3.63, 3.8) is 0 Å². The Morgan fingerprint density at radius 3 is 2.59 bits per heavy atom. The van der Waals surface area contributed by atoms with Crippen molar-refractivity contribution in [3.8, 4) is 28.6 Å². The van der Waals surface area contributed by atoms with Gasteiger partial charge >= 0.3 is 0 Å². The molecule has 0 bridgehead atoms. The fourth-order valence-corrected chi connectivity index (χ4v) is 5.38. The Bertz CT molecular complexity index is 1260. The number of ether oxygens (including phenoxy) is 1. The zero-order valence-corrected chi connectivity index (χ0v) is 19.8. The topological polar surface area (TPSA) is 77.3 Å². The van der Waals surface area contributed by atoms with Gasteiger partial charge in [-0.25, -0.2) is 0 Å². The van der Waals surface area contributed by atoms with Crippen molar-refractivity contribution in [2.45, 2.75) is 25.7 Å². The Kier molecular flexibility index (Phi) is 5.80. The number of hydrogen-bond donors (Lipinski definition) is 1. The van der Waals surface area contributed by atoms with Crippen LogP contribution in [0, 0.1) is 0 Å². The van der Waals surface area contributed by atoms with Crippen molar-refractivity contribution < 1.29 is 14.1 Å². The quantitative estimate of drug-likeness (QED) is 0.338. The molecule has 0 aliphatic heterocycles. The third-order valence-electron chi connectivity index (χ3n) is 5.49. The first-order valence-corrected chi connectivity index (χ1v) is 11.9. The van der Waals surface area contributed by atoms with Gasteiger partial charge in [0, 0.05) is 20.5 Å². The second kappa shape index (κ2) is 8.88. The van der Waals surface area contributed by atoms with Crippen LogP contribution in [0.2, 0.25) is 0 Å². The number of anilines is 1. The second-order valence-corrected chi connectivity index (χ2v) is 9.55. The lowest BCUT2D eigenvalue weighted by Gasteiger charge is -2.11. The van der Waals surface area contributed by atoms with E-state index in [1.165, 1.54) is 10.4 Å². The lowest BCUT2D eigenvalue weighted by atomic mass is 9.95. The molecule has 4 aromatic rings. The average molecular weight is 510 g/mol. The molecule has 5 rings (SSSR count). The molecule has 1 aliphatic carbocycles. The van der Waals surface area contributed by atoms with Crippen LogP contribution in [-0.2, 0) is 12.8 Å². The molecular weight excluding hydrogens is 490 g/mol. The van der Waals surface area contributed by atoms with Crippen molar-refractivity contribution >= 4 is 38.2 Å². The van der Waals surface area contributed by atoms with Gasteiger partial charge in [-0.1, -0.05) is 21.1 Å². The lowest BCUT2D eigenvalue weighted by Crippen LogP contribution is -2.11. The van der Waals surface area contributed by atoms with Crippen molar-refractivity contribution in [2.24, 2.45) is 0 Å². The minimum absolute atomic E-state index is 0.160. The van der Waals surface area contributed by atoms with Crippen molar-refractivity contribution in [1.82, 2.24) is 10.1 Å². The van der Waals surface area contributed by atoms with E-state index in [0.29, 0.717) is 17.3 Å². The van der Waals surface area contributed by atoms with Crippen LogP contribution in [-0.4, -0.2) is 23.2 Å². The number of rotatable bonds is 5. The summed E-state index contributed by atoms with van der Waals surface area (Å²) in [6, 6.07) is 14.8. The number of aromatic nitrogens is 2. The molecule has 162 valence electrons. The summed E-state index contributed by atoms with van der Waals surface area (Å²) in [5.74, 6) is 1.54. The summed E-state index contributed by atoms with van der Waals surface area (Å²) in [5.41, 5.74) is 3.49. The summed E-state index contributed by atoms with van der Waals surface area (Å²) in [4.78, 5) is 18.9. The molecule has 0 saturated carbocycles. The molecule has 6 nitrogen and oxygen atoms in total. The molecule has 1 amide bonds. The molecule has 2 heterocycles. The highest BCUT2D eigenvalue weighted by atomic mass is 79.9. The van der Waals surface area contributed by atoms with Gasteiger partial charge in [-0.05, 0) is 79.8 Å². The fraction of sp³-hybridized carbons (Fsp3) is 0.208. The number of carbonyl (C=O) groups is 1. The molecule has 1 N–H and O–H groups in total. The van der Waals surface area contributed by atoms with Crippen LogP contribution in [0.1, 0.15) is 33.6 Å². The molecule has 8 heteroatoms. The Hall–Kier alpha value is -2.97. The summed E-state index contributed by atoms with van der Waals surface area (Å²) < 4.78 is 11.8. The molecule has 32 heavy (non-hydrogen) atoms. The predicted octanol–water partition coefficient (Wildman–Crippen LogP) is 6.37. The summed E-state index contributed by atoms with van der Waals surface area (Å²) >= 11 is 5.01. The van der Waals surface area contributed by atoms with Gasteiger partial charge in [0.2, 0.25) is 5.82 Å². The van der Waals surface area contributed by atoms with E-state index in [-0.39, 0.29) is 5.91 Å². The summed E-state index contributed by atoms with van der Waals surface area (Å²) in [5, 5.41) is 8.04. The highest BCUT2D eigenvalue weighted by Gasteiger charge is 2.27. The number of nitrogens with one attached hydrogen (secondary N) is 1. The van der Waals surface area contributed by atoms with Gasteiger partial charge in [0.05, 0.1) is 12.7 Å². The van der Waals surface area contributed by atoms with Crippen molar-refractivity contribution in [2.75, 3.05) is 12.4 Å². The van der Waals surface area contributed by atoms with Crippen LogP contribution in [0.4, 0.5) is 5.00 Å². The van der Waals surface area contributed by atoms with Gasteiger partial charge in [0.1, 0.15) is 10.8 Å². The van der Waals surface area contributed by atoms with Crippen LogP contribution >= 0.6 is 27.3 Å². The van der Waals surface area contributed by atoms with Crippen LogP contribution < -0.4 is 10.1 Å². The maximum atomic E-state index is 12.9. The first kappa shape index (κ1) is 20.9. The SMILES string of the molecule is COc1ccc(-c2noc(-c3c(NC(=O)c4ccc(Br)cc4)sc4c3CCCC4)n2)cc1. The first-order chi connectivity index (χ1) is 15.6. The molecular formula is C24H20BrN3O3S. The van der Waals surface area contributed by atoms with E-state index in [0.717, 1.165) is 52.0 Å². The lowest BCUT2D eigenvalue weighted by molar-refractivity contribution is 0.102. The molecule has 1 aliphatic rings. The van der Waals surface area contributed by atoms with E-state index in [1.807, 2.05) is 36.4 Å². The molecule has 2 aromatic carbocycles. The second-order valence-electron chi connectivity index (χ2n) is 7.53. The van der Waals surface area contributed by atoms with Crippen molar-refractivity contribution in [1.29, 1.82) is 0 Å². The number of thiophene rings is 1. The van der Waals surface area contributed by atoms with Gasteiger partial charge in [0.15, 0.2) is 0 Å². The standard InChI is InChI=1S/C24H20BrN3O3S/c1-30-17-12-8-14(9-13-17)21-26-23(31-28-21)20-18-4-2-3-5-19(18)32-24(20)27-22(29)15-6-10-16(25)11-7-15/h6-13H,2-5H2,1H3,(H,27,29). The first-order valence-electron chi connectivity index (χ1n) is 10.3. The smallest absolute Gasteiger partial charge is 0.261 e. The number of aryl methyl sites for hydroxylation is 1. The molecule has 0 unspecified atom stereocenters. The van der Waals surface area contributed by atoms with E-state index in [4.69, 9.17) is 9.26 Å². The number of benzene rings is 2. The van der Waals surface area contributed by atoms with Gasteiger partial charge in [-0.15, -0.1) is 11.3 Å². The number of carbonyl (C=O) groups excluding carboxylic acids is 1. The number of methoxy groups -OCH3 is 1. The minimum atomic E-state index is -0.160. The van der Waals surface area contributed by atoms with E-state index < -0.39 is 0 Å². The summed E-state index contributed by atoms with van der Waals surface area (Å²) in [6.07, 6.45) is 4.19. The number of nitrogens with zero attached hydrogens (tertiary/aromatic N) is 2. The van der Waals surface area contributed by atoms with Crippen LogP contribution in [0.5, 0.6) is 5.75 Å². The summed E-state index contributed by atoms with van der Waals surface area (Å²) in [6.45, 7) is 0. The van der Waals surface area contributed by atoms with Crippen LogP contribution in [0.15, 0.2) is 57.5 Å². The van der Waals surface area contributed by atoms with Gasteiger partial charge in [-0.2, -0.15) is 4.98 Å². The third-order valence-corrected chi connectivity index (χ3v) is 7.23. The molecule has 0 saturated heterocycles. The van der Waals surface area contributed by atoms with Crippen LogP contribution in [0.25, 0.3) is 22.8 Å². The zero-order valence-electron chi connectivity index (χ0n) is 17.4. The monoisotopic (exact) mass is 509 g/mol. The average Bonchev–Trinajstić information content (AvgIpc) is 3.44. The third kappa shape index (κ3) is 4.08. The predicted molar refractivity (Wildman–Crippen MR) is 128 cm³/mol. The van der Waals surface area contributed by atoms with E-state index in [2.05, 4.69) is 31.4 Å². The van der Waals surface area contributed by atoms with Gasteiger partial charge < -0.3 is 14.6 Å². The number of amides is 1. The van der Waals surface area contributed by atoms with E-state index in [9.17, 15) is 4.79 Å². The van der Waals surface area contributed by atoms with E-state index >= 15 is 0 Å². The normalized spacial score (nSPS) is 12.9. The molecule has 0 fully saturated rings. The molecule has 0 radical (unpaired) electrons. The Morgan fingerprint density at radius 2 is 1.84 bits per heavy atom. The Morgan fingerprint density at radius 1 is 1.09 bits per heavy atom. The van der Waals surface area contributed by atoms with Gasteiger partial charge in [-0.3, -0.25) is 4.79 Å². The largest absolute Gasteiger partial charge is 0.497 e. The number of hydrogen-bond acceptors (Lipinski definition) is 6. The zero-order chi connectivity index (χ0) is 22.1. The minimum Gasteiger partial charge on any atom is -0.497 e. The van der Waals surface area contributed by atoms with Gasteiger partial charge in [0.25, 0.3) is 11.8 Å². The maximum absolute atomic E-state index is 12.9. The van der Waals surface area contributed by atoms with E-state index in [1.54, 1.807) is 30.6 Å².